The summed E-state index contributed by atoms with van der Waals surface area (Å²) in [6.45, 7) is 9.78. The van der Waals surface area contributed by atoms with Gasteiger partial charge in [-0.15, -0.1) is 0 Å². The monoisotopic (exact) mass is 282 g/mol. The van der Waals surface area contributed by atoms with Crippen molar-refractivity contribution >= 4 is 0 Å². The molecule has 0 heterocycles. The molecule has 1 aliphatic carbocycles. The Bertz CT molecular complexity index is 211. The first-order valence-electron chi connectivity index (χ1n) is 9.13. The van der Waals surface area contributed by atoms with Gasteiger partial charge in [0.25, 0.3) is 0 Å². The van der Waals surface area contributed by atoms with Crippen LogP contribution in [0.5, 0.6) is 0 Å². The van der Waals surface area contributed by atoms with Gasteiger partial charge in [0.05, 0.1) is 0 Å². The van der Waals surface area contributed by atoms with Gasteiger partial charge in [-0.1, -0.05) is 52.4 Å². The molecular weight excluding hydrogens is 244 g/mol. The molecule has 0 aromatic carbocycles. The lowest BCUT2D eigenvalue weighted by atomic mass is 9.79. The molecule has 0 spiro atoms. The summed E-state index contributed by atoms with van der Waals surface area (Å²) >= 11 is 0. The zero-order valence-electron chi connectivity index (χ0n) is 14.3. The summed E-state index contributed by atoms with van der Waals surface area (Å²) in [6.07, 6.45) is 14.0. The Balaban J connectivity index is 2.61. The van der Waals surface area contributed by atoms with Gasteiger partial charge in [0, 0.05) is 13.1 Å². The Morgan fingerprint density at radius 3 is 1.90 bits per heavy atom. The summed E-state index contributed by atoms with van der Waals surface area (Å²) in [4.78, 5) is 2.77. The van der Waals surface area contributed by atoms with E-state index >= 15 is 0 Å². The molecule has 2 nitrogen and oxygen atoms in total. The molecule has 1 aliphatic rings. The van der Waals surface area contributed by atoms with Crippen LogP contribution in [0.2, 0.25) is 0 Å². The molecule has 1 N–H and O–H groups in total. The van der Waals surface area contributed by atoms with E-state index in [1.807, 2.05) is 0 Å². The van der Waals surface area contributed by atoms with Gasteiger partial charge in [0.1, 0.15) is 0 Å². The standard InChI is InChI=1S/C18H38N2/c1-4-6-14-20(15-7-5-2)17-18(16-19-3)12-10-8-9-11-13-18/h19H,4-17H2,1-3H3. The summed E-state index contributed by atoms with van der Waals surface area (Å²) in [7, 11) is 2.13. The van der Waals surface area contributed by atoms with Crippen LogP contribution < -0.4 is 5.32 Å². The predicted molar refractivity (Wildman–Crippen MR) is 90.3 cm³/mol. The van der Waals surface area contributed by atoms with Crippen molar-refractivity contribution < 1.29 is 0 Å². The smallest absolute Gasteiger partial charge is 0.00501 e. The van der Waals surface area contributed by atoms with Crippen LogP contribution in [0.4, 0.5) is 0 Å². The summed E-state index contributed by atoms with van der Waals surface area (Å²) in [5, 5.41) is 3.50. The second-order valence-electron chi connectivity index (χ2n) is 6.93. The van der Waals surface area contributed by atoms with Crippen molar-refractivity contribution in [2.24, 2.45) is 5.41 Å². The topological polar surface area (TPSA) is 15.3 Å². The molecule has 0 aliphatic heterocycles. The van der Waals surface area contributed by atoms with Gasteiger partial charge < -0.3 is 10.2 Å². The minimum Gasteiger partial charge on any atom is -0.319 e. The molecule has 2 heteroatoms. The van der Waals surface area contributed by atoms with E-state index < -0.39 is 0 Å². The highest BCUT2D eigenvalue weighted by Crippen LogP contribution is 2.35. The molecule has 0 radical (unpaired) electrons. The van der Waals surface area contributed by atoms with Crippen molar-refractivity contribution in [2.75, 3.05) is 33.2 Å². The van der Waals surface area contributed by atoms with E-state index in [9.17, 15) is 0 Å². The molecule has 0 saturated heterocycles. The Hall–Kier alpha value is -0.0800. The van der Waals surface area contributed by atoms with E-state index in [1.165, 1.54) is 90.4 Å². The first-order chi connectivity index (χ1) is 9.76. The van der Waals surface area contributed by atoms with E-state index in [4.69, 9.17) is 0 Å². The van der Waals surface area contributed by atoms with Gasteiger partial charge in [0.2, 0.25) is 0 Å². The average Bonchev–Trinajstić information content (AvgIpc) is 2.68. The third kappa shape index (κ3) is 6.58. The molecular formula is C18H38N2. The fraction of sp³-hybridized carbons (Fsp3) is 1.00. The van der Waals surface area contributed by atoms with Crippen LogP contribution in [-0.2, 0) is 0 Å². The highest BCUT2D eigenvalue weighted by Gasteiger charge is 2.32. The third-order valence-corrected chi connectivity index (χ3v) is 4.93. The Kier molecular flexibility index (Phi) is 9.54. The maximum absolute atomic E-state index is 3.50. The van der Waals surface area contributed by atoms with Crippen LogP contribution >= 0.6 is 0 Å². The van der Waals surface area contributed by atoms with Crippen LogP contribution in [0.1, 0.15) is 78.1 Å². The maximum Gasteiger partial charge on any atom is 0.00501 e. The van der Waals surface area contributed by atoms with Gasteiger partial charge in [-0.3, -0.25) is 0 Å². The quantitative estimate of drug-likeness (QED) is 0.596. The van der Waals surface area contributed by atoms with Crippen molar-refractivity contribution in [1.82, 2.24) is 10.2 Å². The fourth-order valence-electron chi connectivity index (χ4n) is 3.75. The molecule has 1 rings (SSSR count). The lowest BCUT2D eigenvalue weighted by Crippen LogP contribution is -2.44. The zero-order chi connectivity index (χ0) is 14.7. The normalized spacial score (nSPS) is 19.2. The van der Waals surface area contributed by atoms with Gasteiger partial charge >= 0.3 is 0 Å². The summed E-state index contributed by atoms with van der Waals surface area (Å²) in [5.74, 6) is 0. The van der Waals surface area contributed by atoms with E-state index in [2.05, 4.69) is 31.1 Å². The van der Waals surface area contributed by atoms with Crippen molar-refractivity contribution in [3.63, 3.8) is 0 Å². The molecule has 0 bridgehead atoms. The lowest BCUT2D eigenvalue weighted by Gasteiger charge is -2.38. The molecule has 0 unspecified atom stereocenters. The largest absolute Gasteiger partial charge is 0.319 e. The molecule has 0 aromatic rings. The maximum atomic E-state index is 3.50. The Labute approximate surface area is 127 Å². The number of nitrogens with zero attached hydrogens (tertiary/aromatic N) is 1. The molecule has 0 atom stereocenters. The predicted octanol–water partition coefficient (Wildman–Crippen LogP) is 4.45. The molecule has 0 amide bonds. The first kappa shape index (κ1) is 18.0. The fourth-order valence-corrected chi connectivity index (χ4v) is 3.75. The Morgan fingerprint density at radius 2 is 1.45 bits per heavy atom. The highest BCUT2D eigenvalue weighted by atomic mass is 15.1. The minimum absolute atomic E-state index is 0.548. The van der Waals surface area contributed by atoms with Gasteiger partial charge in [-0.2, -0.15) is 0 Å². The summed E-state index contributed by atoms with van der Waals surface area (Å²) in [5.41, 5.74) is 0.548. The van der Waals surface area contributed by atoms with E-state index in [1.54, 1.807) is 0 Å². The van der Waals surface area contributed by atoms with Gasteiger partial charge in [-0.25, -0.2) is 0 Å². The lowest BCUT2D eigenvalue weighted by molar-refractivity contribution is 0.126. The molecule has 0 aromatic heterocycles. The zero-order valence-corrected chi connectivity index (χ0v) is 14.3. The second kappa shape index (κ2) is 10.6. The third-order valence-electron chi connectivity index (χ3n) is 4.93. The summed E-state index contributed by atoms with van der Waals surface area (Å²) < 4.78 is 0. The second-order valence-corrected chi connectivity index (χ2v) is 6.93. The minimum atomic E-state index is 0.548. The number of unbranched alkanes of at least 4 members (excludes halogenated alkanes) is 2. The number of nitrogens with one attached hydrogen (secondary N) is 1. The van der Waals surface area contributed by atoms with Crippen LogP contribution in [0.25, 0.3) is 0 Å². The summed E-state index contributed by atoms with van der Waals surface area (Å²) in [6, 6.07) is 0. The molecule has 1 saturated carbocycles. The van der Waals surface area contributed by atoms with Crippen molar-refractivity contribution in [3.05, 3.63) is 0 Å². The van der Waals surface area contributed by atoms with Crippen LogP contribution in [0.3, 0.4) is 0 Å². The van der Waals surface area contributed by atoms with Crippen LogP contribution in [0, 0.1) is 5.41 Å². The number of hydrogen-bond donors (Lipinski definition) is 1. The SMILES string of the molecule is CCCCN(CCCC)CC1(CNC)CCCCCC1. The average molecular weight is 283 g/mol. The number of hydrogen-bond acceptors (Lipinski definition) is 2. The highest BCUT2D eigenvalue weighted by molar-refractivity contribution is 4.86. The molecule has 120 valence electrons. The molecule has 1 fully saturated rings. The van der Waals surface area contributed by atoms with Gasteiger partial charge in [-0.05, 0) is 51.2 Å². The Morgan fingerprint density at radius 1 is 0.900 bits per heavy atom. The van der Waals surface area contributed by atoms with Gasteiger partial charge in [0.15, 0.2) is 0 Å². The molecule has 20 heavy (non-hydrogen) atoms. The first-order valence-corrected chi connectivity index (χ1v) is 9.13. The van der Waals surface area contributed by atoms with Crippen molar-refractivity contribution in [1.29, 1.82) is 0 Å². The van der Waals surface area contributed by atoms with Crippen molar-refractivity contribution in [3.8, 4) is 0 Å². The van der Waals surface area contributed by atoms with Crippen molar-refractivity contribution in [2.45, 2.75) is 78.1 Å². The van der Waals surface area contributed by atoms with Crippen LogP contribution in [0.15, 0.2) is 0 Å². The van der Waals surface area contributed by atoms with E-state index in [0.717, 1.165) is 0 Å². The van der Waals surface area contributed by atoms with E-state index in [0.29, 0.717) is 5.41 Å². The number of rotatable bonds is 10. The van der Waals surface area contributed by atoms with Crippen LogP contribution in [-0.4, -0.2) is 38.1 Å². The van der Waals surface area contributed by atoms with E-state index in [-0.39, 0.29) is 0 Å².